The van der Waals surface area contributed by atoms with Gasteiger partial charge in [0.1, 0.15) is 6.04 Å². The first-order valence-electron chi connectivity index (χ1n) is 7.66. The number of hydrazine groups is 1. The third kappa shape index (κ3) is 3.64. The van der Waals surface area contributed by atoms with Crippen LogP contribution in [-0.4, -0.2) is 51.9 Å². The van der Waals surface area contributed by atoms with Crippen molar-refractivity contribution in [2.24, 2.45) is 0 Å². The number of carbonyl (C=O) groups excluding carboxylic acids is 4. The van der Waals surface area contributed by atoms with Crippen LogP contribution in [0.3, 0.4) is 0 Å². The fourth-order valence-electron chi connectivity index (χ4n) is 2.86. The Hall–Kier alpha value is -2.07. The maximum Gasteiger partial charge on any atom is 0.330 e. The number of fused-ring (bicyclic) bond motifs is 1. The predicted octanol–water partition coefficient (Wildman–Crippen LogP) is 0.506. The molecule has 134 valence electrons. The van der Waals surface area contributed by atoms with Crippen LogP contribution in [0.15, 0.2) is 17.5 Å². The highest BCUT2D eigenvalue weighted by Crippen LogP contribution is 2.47. The SMILES string of the molecule is C[C@]12CCC(=O)N1[C@@H](C(=O)OCC(=O)NNC(=O)c1cccs1)CS2. The second kappa shape index (κ2) is 7.04. The van der Waals surface area contributed by atoms with E-state index in [0.29, 0.717) is 23.5 Å². The van der Waals surface area contributed by atoms with Gasteiger partial charge in [-0.25, -0.2) is 4.79 Å². The van der Waals surface area contributed by atoms with Crippen LogP contribution in [0.5, 0.6) is 0 Å². The van der Waals surface area contributed by atoms with E-state index in [2.05, 4.69) is 10.9 Å². The zero-order valence-electron chi connectivity index (χ0n) is 13.4. The summed E-state index contributed by atoms with van der Waals surface area (Å²) in [5.74, 6) is -1.31. The van der Waals surface area contributed by atoms with Gasteiger partial charge in [0.05, 0.1) is 9.75 Å². The summed E-state index contributed by atoms with van der Waals surface area (Å²) in [6, 6.07) is 2.67. The number of thioether (sulfide) groups is 1. The van der Waals surface area contributed by atoms with Gasteiger partial charge >= 0.3 is 5.97 Å². The van der Waals surface area contributed by atoms with E-state index in [9.17, 15) is 19.2 Å². The molecule has 2 aliphatic heterocycles. The molecule has 2 aliphatic rings. The second-order valence-corrected chi connectivity index (χ2v) is 8.30. The quantitative estimate of drug-likeness (QED) is 0.580. The van der Waals surface area contributed by atoms with Gasteiger partial charge in [-0.3, -0.25) is 25.2 Å². The summed E-state index contributed by atoms with van der Waals surface area (Å²) < 4.78 is 5.01. The van der Waals surface area contributed by atoms with Crippen molar-refractivity contribution in [3.63, 3.8) is 0 Å². The van der Waals surface area contributed by atoms with Gasteiger partial charge in [-0.2, -0.15) is 0 Å². The Morgan fingerprint density at radius 3 is 2.92 bits per heavy atom. The lowest BCUT2D eigenvalue weighted by molar-refractivity contribution is -0.156. The summed E-state index contributed by atoms with van der Waals surface area (Å²) >= 11 is 2.79. The van der Waals surface area contributed by atoms with Gasteiger partial charge in [0.25, 0.3) is 11.8 Å². The summed E-state index contributed by atoms with van der Waals surface area (Å²) in [4.78, 5) is 49.2. The average molecular weight is 383 g/mol. The Bertz CT molecular complexity index is 708. The van der Waals surface area contributed by atoms with Crippen molar-refractivity contribution in [1.82, 2.24) is 15.8 Å². The molecule has 0 unspecified atom stereocenters. The molecule has 3 rings (SSSR count). The molecule has 10 heteroatoms. The second-order valence-electron chi connectivity index (χ2n) is 5.85. The van der Waals surface area contributed by atoms with E-state index in [1.165, 1.54) is 11.3 Å². The molecule has 2 saturated heterocycles. The number of hydrogen-bond acceptors (Lipinski definition) is 7. The molecule has 0 saturated carbocycles. The molecular formula is C15H17N3O5S2. The molecule has 2 atom stereocenters. The Balaban J connectivity index is 1.45. The molecule has 3 heterocycles. The lowest BCUT2D eigenvalue weighted by Crippen LogP contribution is -2.48. The highest BCUT2D eigenvalue weighted by Gasteiger charge is 2.53. The summed E-state index contributed by atoms with van der Waals surface area (Å²) in [7, 11) is 0. The lowest BCUT2D eigenvalue weighted by atomic mass is 10.2. The first-order valence-corrected chi connectivity index (χ1v) is 9.53. The molecule has 25 heavy (non-hydrogen) atoms. The zero-order valence-corrected chi connectivity index (χ0v) is 15.1. The molecule has 2 N–H and O–H groups in total. The van der Waals surface area contributed by atoms with Gasteiger partial charge in [-0.15, -0.1) is 23.1 Å². The van der Waals surface area contributed by atoms with Gasteiger partial charge in [-0.1, -0.05) is 6.07 Å². The van der Waals surface area contributed by atoms with Gasteiger partial charge in [0.15, 0.2) is 6.61 Å². The van der Waals surface area contributed by atoms with Crippen molar-refractivity contribution < 1.29 is 23.9 Å². The standard InChI is InChI=1S/C15H17N3O5S2/c1-15-5-4-12(20)18(15)9(8-25-15)14(22)23-7-11(19)16-17-13(21)10-3-2-6-24-10/h2-3,6,9H,4-5,7-8H2,1H3,(H,16,19)(H,17,21)/t9-,15+/m1/s1. The first-order chi connectivity index (χ1) is 11.9. The highest BCUT2D eigenvalue weighted by molar-refractivity contribution is 8.01. The van der Waals surface area contributed by atoms with Crippen molar-refractivity contribution in [2.45, 2.75) is 30.7 Å². The monoisotopic (exact) mass is 383 g/mol. The molecule has 0 aliphatic carbocycles. The zero-order chi connectivity index (χ0) is 18.0. The number of thiophene rings is 1. The van der Waals surface area contributed by atoms with Crippen LogP contribution < -0.4 is 10.9 Å². The van der Waals surface area contributed by atoms with E-state index in [1.807, 2.05) is 6.92 Å². The topological polar surface area (TPSA) is 105 Å². The minimum absolute atomic E-state index is 0.0675. The summed E-state index contributed by atoms with van der Waals surface area (Å²) in [5.41, 5.74) is 4.42. The van der Waals surface area contributed by atoms with Crippen molar-refractivity contribution in [2.75, 3.05) is 12.4 Å². The lowest BCUT2D eigenvalue weighted by Gasteiger charge is -2.29. The molecule has 0 bridgehead atoms. The average Bonchev–Trinajstić information content (AvgIpc) is 3.29. The number of carbonyl (C=O) groups is 4. The van der Waals surface area contributed by atoms with Gasteiger partial charge in [0.2, 0.25) is 5.91 Å². The number of rotatable bonds is 4. The Labute approximate surface area is 152 Å². The summed E-state index contributed by atoms with van der Waals surface area (Å²) in [6.07, 6.45) is 1.12. The van der Waals surface area contributed by atoms with Crippen LogP contribution in [-0.2, 0) is 19.1 Å². The van der Waals surface area contributed by atoms with Crippen molar-refractivity contribution >= 4 is 46.8 Å². The highest BCUT2D eigenvalue weighted by atomic mass is 32.2. The number of amides is 3. The largest absolute Gasteiger partial charge is 0.454 e. The molecule has 2 fully saturated rings. The molecule has 1 aromatic rings. The molecule has 0 spiro atoms. The van der Waals surface area contributed by atoms with Crippen molar-refractivity contribution in [3.05, 3.63) is 22.4 Å². The van der Waals surface area contributed by atoms with E-state index in [1.54, 1.807) is 34.2 Å². The Morgan fingerprint density at radius 1 is 1.40 bits per heavy atom. The minimum atomic E-state index is -0.668. The number of nitrogens with one attached hydrogen (secondary N) is 2. The van der Waals surface area contributed by atoms with Crippen LogP contribution in [0.25, 0.3) is 0 Å². The maximum atomic E-state index is 12.2. The van der Waals surface area contributed by atoms with Crippen molar-refractivity contribution in [3.8, 4) is 0 Å². The molecule has 3 amide bonds. The molecule has 1 aromatic heterocycles. The van der Waals surface area contributed by atoms with Crippen molar-refractivity contribution in [1.29, 1.82) is 0 Å². The Morgan fingerprint density at radius 2 is 2.20 bits per heavy atom. The predicted molar refractivity (Wildman–Crippen MR) is 91.6 cm³/mol. The van der Waals surface area contributed by atoms with E-state index in [4.69, 9.17) is 4.74 Å². The molecule has 8 nitrogen and oxygen atoms in total. The Kier molecular flexibility index (Phi) is 5.00. The fraction of sp³-hybridized carbons (Fsp3) is 0.467. The molecule has 0 radical (unpaired) electrons. The molecule has 0 aromatic carbocycles. The van der Waals surface area contributed by atoms with Crippen LogP contribution in [0.4, 0.5) is 0 Å². The molecular weight excluding hydrogens is 366 g/mol. The van der Waals surface area contributed by atoms with E-state index in [0.717, 1.165) is 0 Å². The maximum absolute atomic E-state index is 12.2. The number of nitrogens with zero attached hydrogens (tertiary/aromatic N) is 1. The van der Waals surface area contributed by atoms with Crippen LogP contribution in [0.1, 0.15) is 29.4 Å². The van der Waals surface area contributed by atoms with Crippen LogP contribution >= 0.6 is 23.1 Å². The van der Waals surface area contributed by atoms with Gasteiger partial charge in [0, 0.05) is 12.2 Å². The minimum Gasteiger partial charge on any atom is -0.454 e. The van der Waals surface area contributed by atoms with Gasteiger partial charge in [-0.05, 0) is 24.8 Å². The third-order valence-corrected chi connectivity index (χ3v) is 6.50. The fourth-order valence-corrected chi connectivity index (χ4v) is 4.90. The van der Waals surface area contributed by atoms with Crippen LogP contribution in [0.2, 0.25) is 0 Å². The van der Waals surface area contributed by atoms with E-state index < -0.39 is 30.4 Å². The summed E-state index contributed by atoms with van der Waals surface area (Å²) in [5, 5.41) is 1.74. The van der Waals surface area contributed by atoms with E-state index in [-0.39, 0.29) is 10.8 Å². The number of hydrogen-bond donors (Lipinski definition) is 2. The normalized spacial score (nSPS) is 24.8. The third-order valence-electron chi connectivity index (χ3n) is 4.12. The number of ether oxygens (including phenoxy) is 1. The first kappa shape index (κ1) is 17.7. The number of esters is 1. The van der Waals surface area contributed by atoms with E-state index >= 15 is 0 Å². The van der Waals surface area contributed by atoms with Crippen LogP contribution in [0, 0.1) is 0 Å². The smallest absolute Gasteiger partial charge is 0.330 e. The van der Waals surface area contributed by atoms with Gasteiger partial charge < -0.3 is 9.64 Å². The summed E-state index contributed by atoms with van der Waals surface area (Å²) in [6.45, 7) is 1.41.